The predicted octanol–water partition coefficient (Wildman–Crippen LogP) is 3.69. The molecular weight excluding hydrogens is 384 g/mol. The van der Waals surface area contributed by atoms with E-state index >= 15 is 0 Å². The van der Waals surface area contributed by atoms with Crippen molar-refractivity contribution in [2.24, 2.45) is 0 Å². The number of carbonyl (C=O) groups is 1. The van der Waals surface area contributed by atoms with E-state index in [1.807, 2.05) is 18.2 Å². The maximum absolute atomic E-state index is 13.4. The molecule has 0 atom stereocenters. The molecule has 3 rings (SSSR count). The van der Waals surface area contributed by atoms with Crippen LogP contribution in [-0.2, 0) is 13.1 Å². The predicted molar refractivity (Wildman–Crippen MR) is 106 cm³/mol. The van der Waals surface area contributed by atoms with Crippen LogP contribution in [-0.4, -0.2) is 48.4 Å². The highest BCUT2D eigenvalue weighted by molar-refractivity contribution is 6.33. The summed E-state index contributed by atoms with van der Waals surface area (Å²) in [6.45, 7) is 8.50. The Morgan fingerprint density at radius 1 is 1.04 bits per heavy atom. The summed E-state index contributed by atoms with van der Waals surface area (Å²) >= 11 is 5.88. The number of piperazine rings is 1. The van der Waals surface area contributed by atoms with E-state index in [4.69, 9.17) is 11.6 Å². The summed E-state index contributed by atoms with van der Waals surface area (Å²) in [5.74, 6) is -2.70. The number of carbonyl (C=O) groups excluding carboxylic acids is 1. The average Bonchev–Trinajstić information content (AvgIpc) is 2.70. The summed E-state index contributed by atoms with van der Waals surface area (Å²) in [5.41, 5.74) is 2.06. The molecule has 0 saturated carbocycles. The molecule has 4 nitrogen and oxygen atoms in total. The zero-order chi connectivity index (χ0) is 20.1. The Bertz CT molecular complexity index is 838. The van der Waals surface area contributed by atoms with Gasteiger partial charge in [0.25, 0.3) is 5.91 Å². The summed E-state index contributed by atoms with van der Waals surface area (Å²) in [5, 5.41) is 2.64. The van der Waals surface area contributed by atoms with E-state index in [9.17, 15) is 13.6 Å². The smallest absolute Gasteiger partial charge is 0.253 e. The van der Waals surface area contributed by atoms with Crippen molar-refractivity contribution in [2.45, 2.75) is 20.0 Å². The van der Waals surface area contributed by atoms with E-state index in [0.29, 0.717) is 6.54 Å². The van der Waals surface area contributed by atoms with Crippen molar-refractivity contribution in [2.75, 3.05) is 32.7 Å². The van der Waals surface area contributed by atoms with E-state index in [2.05, 4.69) is 28.1 Å². The number of hydrogen-bond donors (Lipinski definition) is 1. The van der Waals surface area contributed by atoms with Gasteiger partial charge in [-0.1, -0.05) is 42.8 Å². The van der Waals surface area contributed by atoms with Crippen LogP contribution < -0.4 is 5.32 Å². The molecule has 0 unspecified atom stereocenters. The number of rotatable bonds is 6. The molecule has 1 saturated heterocycles. The quantitative estimate of drug-likeness (QED) is 0.742. The molecule has 0 aromatic heterocycles. The summed E-state index contributed by atoms with van der Waals surface area (Å²) < 4.78 is 26.6. The fourth-order valence-electron chi connectivity index (χ4n) is 3.36. The first-order chi connectivity index (χ1) is 13.5. The van der Waals surface area contributed by atoms with Crippen molar-refractivity contribution in [3.8, 4) is 0 Å². The van der Waals surface area contributed by atoms with Gasteiger partial charge >= 0.3 is 0 Å². The summed E-state index contributed by atoms with van der Waals surface area (Å²) in [4.78, 5) is 17.2. The van der Waals surface area contributed by atoms with Crippen LogP contribution in [0.1, 0.15) is 28.4 Å². The van der Waals surface area contributed by atoms with Gasteiger partial charge in [-0.25, -0.2) is 8.78 Å². The van der Waals surface area contributed by atoms with Gasteiger partial charge in [-0.3, -0.25) is 9.69 Å². The topological polar surface area (TPSA) is 35.6 Å². The molecule has 28 heavy (non-hydrogen) atoms. The second-order valence-electron chi connectivity index (χ2n) is 6.91. The first kappa shape index (κ1) is 20.7. The van der Waals surface area contributed by atoms with Gasteiger partial charge in [-0.15, -0.1) is 0 Å². The monoisotopic (exact) mass is 407 g/mol. The molecule has 2 aromatic rings. The van der Waals surface area contributed by atoms with Crippen molar-refractivity contribution < 1.29 is 13.6 Å². The Morgan fingerprint density at radius 2 is 1.64 bits per heavy atom. The number of halogens is 3. The lowest BCUT2D eigenvalue weighted by atomic mass is 10.1. The molecule has 0 bridgehead atoms. The molecule has 0 spiro atoms. The fourth-order valence-corrected chi connectivity index (χ4v) is 3.59. The van der Waals surface area contributed by atoms with Crippen molar-refractivity contribution >= 4 is 17.5 Å². The van der Waals surface area contributed by atoms with E-state index in [1.165, 1.54) is 0 Å². The van der Waals surface area contributed by atoms with Gasteiger partial charge in [0.2, 0.25) is 0 Å². The first-order valence-corrected chi connectivity index (χ1v) is 9.80. The minimum Gasteiger partial charge on any atom is -0.348 e. The number of benzene rings is 2. The zero-order valence-electron chi connectivity index (χ0n) is 15.9. The molecule has 7 heteroatoms. The standard InChI is InChI=1S/C21H24ClF2N3O/c1-2-26-7-9-27(10-8-26)14-16-6-4-3-5-15(16)13-25-21(28)17-11-19(23)20(24)12-18(17)22/h3-6,11-12H,2,7-10,13-14H2,1H3,(H,25,28). The maximum atomic E-state index is 13.4. The van der Waals surface area contributed by atoms with Crippen LogP contribution in [0.4, 0.5) is 8.78 Å². The third-order valence-corrected chi connectivity index (χ3v) is 5.43. The van der Waals surface area contributed by atoms with Crippen molar-refractivity contribution in [3.63, 3.8) is 0 Å². The molecule has 1 aliphatic rings. The minimum atomic E-state index is -1.10. The lowest BCUT2D eigenvalue weighted by Gasteiger charge is -2.34. The average molecular weight is 408 g/mol. The number of nitrogens with one attached hydrogen (secondary N) is 1. The number of amides is 1. The molecule has 2 aromatic carbocycles. The van der Waals surface area contributed by atoms with E-state index in [-0.39, 0.29) is 10.6 Å². The minimum absolute atomic E-state index is 0.0752. The van der Waals surface area contributed by atoms with Crippen molar-refractivity contribution in [1.82, 2.24) is 15.1 Å². The molecule has 1 fully saturated rings. The molecule has 1 N–H and O–H groups in total. The molecule has 150 valence electrons. The second kappa shape index (κ2) is 9.45. The number of likely N-dealkylation sites (N-methyl/N-ethyl adjacent to an activating group) is 1. The van der Waals surface area contributed by atoms with Crippen molar-refractivity contribution in [1.29, 1.82) is 0 Å². The fraction of sp³-hybridized carbons (Fsp3) is 0.381. The van der Waals surface area contributed by atoms with Crippen molar-refractivity contribution in [3.05, 3.63) is 69.7 Å². The van der Waals surface area contributed by atoms with E-state index in [1.54, 1.807) is 0 Å². The van der Waals surface area contributed by atoms with E-state index < -0.39 is 17.5 Å². The zero-order valence-corrected chi connectivity index (χ0v) is 16.6. The Hall–Kier alpha value is -2.02. The largest absolute Gasteiger partial charge is 0.348 e. The van der Waals surface area contributed by atoms with Gasteiger partial charge < -0.3 is 10.2 Å². The number of hydrogen-bond acceptors (Lipinski definition) is 3. The van der Waals surface area contributed by atoms with Gasteiger partial charge in [0.05, 0.1) is 10.6 Å². The molecule has 1 amide bonds. The summed E-state index contributed by atoms with van der Waals surface area (Å²) in [6, 6.07) is 9.56. The van der Waals surface area contributed by atoms with Gasteiger partial charge in [0.15, 0.2) is 11.6 Å². The third kappa shape index (κ3) is 5.07. The maximum Gasteiger partial charge on any atom is 0.253 e. The molecule has 0 radical (unpaired) electrons. The Kier molecular flexibility index (Phi) is 6.99. The first-order valence-electron chi connectivity index (χ1n) is 9.42. The summed E-state index contributed by atoms with van der Waals surface area (Å²) in [7, 11) is 0. The van der Waals surface area contributed by atoms with Crippen LogP contribution in [0, 0.1) is 11.6 Å². The Balaban J connectivity index is 1.64. The van der Waals surface area contributed by atoms with Crippen LogP contribution >= 0.6 is 11.6 Å². The summed E-state index contributed by atoms with van der Waals surface area (Å²) in [6.07, 6.45) is 0. The SMILES string of the molecule is CCN1CCN(Cc2ccccc2CNC(=O)c2cc(F)c(F)cc2Cl)CC1. The Labute approximate surface area is 169 Å². The lowest BCUT2D eigenvalue weighted by Crippen LogP contribution is -2.45. The second-order valence-corrected chi connectivity index (χ2v) is 7.32. The highest BCUT2D eigenvalue weighted by Gasteiger charge is 2.18. The lowest BCUT2D eigenvalue weighted by molar-refractivity contribution is 0.0950. The van der Waals surface area contributed by atoms with Crippen LogP contribution in [0.15, 0.2) is 36.4 Å². The number of nitrogens with zero attached hydrogens (tertiary/aromatic N) is 2. The highest BCUT2D eigenvalue weighted by atomic mass is 35.5. The molecule has 1 heterocycles. The van der Waals surface area contributed by atoms with Gasteiger partial charge in [-0.2, -0.15) is 0 Å². The van der Waals surface area contributed by atoms with Crippen LogP contribution in [0.25, 0.3) is 0 Å². The molecule has 0 aliphatic carbocycles. The van der Waals surface area contributed by atoms with Gasteiger partial charge in [-0.05, 0) is 29.8 Å². The van der Waals surface area contributed by atoms with Crippen LogP contribution in [0.5, 0.6) is 0 Å². The van der Waals surface area contributed by atoms with Gasteiger partial charge in [0, 0.05) is 39.3 Å². The normalized spacial score (nSPS) is 15.6. The van der Waals surface area contributed by atoms with Crippen LogP contribution in [0.2, 0.25) is 5.02 Å². The molecule has 1 aliphatic heterocycles. The third-order valence-electron chi connectivity index (χ3n) is 5.12. The Morgan fingerprint density at radius 3 is 2.32 bits per heavy atom. The van der Waals surface area contributed by atoms with Gasteiger partial charge in [0.1, 0.15) is 0 Å². The molecular formula is C21H24ClF2N3O. The van der Waals surface area contributed by atoms with E-state index in [0.717, 1.165) is 62.5 Å². The van der Waals surface area contributed by atoms with Crippen LogP contribution in [0.3, 0.4) is 0 Å². The highest BCUT2D eigenvalue weighted by Crippen LogP contribution is 2.20.